The lowest BCUT2D eigenvalue weighted by Crippen LogP contribution is -2.37. The fraction of sp³-hybridized carbons (Fsp3) is 0.528. The minimum Gasteiger partial charge on any atom is -0.468 e. The van der Waals surface area contributed by atoms with E-state index in [1.807, 2.05) is 13.0 Å². The highest BCUT2D eigenvalue weighted by molar-refractivity contribution is 6.01. The largest absolute Gasteiger partial charge is 0.468 e. The molecule has 0 N–H and O–H groups in total. The van der Waals surface area contributed by atoms with Crippen LogP contribution in [0.1, 0.15) is 57.4 Å². The third-order valence-electron chi connectivity index (χ3n) is 9.94. The van der Waals surface area contributed by atoms with E-state index in [-0.39, 0.29) is 29.8 Å². The smallest absolute Gasteiger partial charge is 0.319 e. The van der Waals surface area contributed by atoms with Crippen molar-refractivity contribution >= 4 is 27.5 Å². The highest BCUT2D eigenvalue weighted by Crippen LogP contribution is 2.42. The van der Waals surface area contributed by atoms with Crippen LogP contribution in [0.3, 0.4) is 0 Å². The second-order valence-corrected chi connectivity index (χ2v) is 13.1. The van der Waals surface area contributed by atoms with Gasteiger partial charge in [0.05, 0.1) is 12.0 Å². The lowest BCUT2D eigenvalue weighted by molar-refractivity contribution is 0.0512. The van der Waals surface area contributed by atoms with E-state index in [4.69, 9.17) is 19.2 Å². The maximum atomic E-state index is 16.9. The summed E-state index contributed by atoms with van der Waals surface area (Å²) < 4.78 is 49.1. The average Bonchev–Trinajstić information content (AvgIpc) is 3.42. The van der Waals surface area contributed by atoms with E-state index in [1.54, 1.807) is 18.3 Å². The summed E-state index contributed by atoms with van der Waals surface area (Å²) in [5.41, 5.74) is 1.18. The molecule has 2 aliphatic heterocycles. The van der Waals surface area contributed by atoms with Gasteiger partial charge in [0.25, 0.3) is 0 Å². The number of pyridine rings is 1. The molecule has 7 rings (SSSR count). The quantitative estimate of drug-likeness (QED) is 0.128. The molecule has 0 amide bonds. The maximum absolute atomic E-state index is 16.9. The number of halogens is 2. The van der Waals surface area contributed by atoms with Gasteiger partial charge < -0.3 is 24.0 Å². The fourth-order valence-corrected chi connectivity index (χ4v) is 7.76. The summed E-state index contributed by atoms with van der Waals surface area (Å²) in [6.07, 6.45) is 10.4. The number of ether oxygens (including phenoxy) is 3. The fourth-order valence-electron chi connectivity index (χ4n) is 7.76. The first-order chi connectivity index (χ1) is 22.5. The van der Waals surface area contributed by atoms with E-state index >= 15 is 8.78 Å². The summed E-state index contributed by atoms with van der Waals surface area (Å²) in [6, 6.07) is 6.83. The van der Waals surface area contributed by atoms with Crippen molar-refractivity contribution in [2.45, 2.75) is 58.3 Å². The second-order valence-electron chi connectivity index (χ2n) is 13.1. The van der Waals surface area contributed by atoms with Gasteiger partial charge in [-0.05, 0) is 104 Å². The van der Waals surface area contributed by atoms with Crippen LogP contribution < -0.4 is 14.4 Å². The molecule has 8 nitrogen and oxygen atoms in total. The number of hydrogen-bond donors (Lipinski definition) is 0. The number of aryl methyl sites for hydroxylation is 1. The zero-order valence-electron chi connectivity index (χ0n) is 26.9. The van der Waals surface area contributed by atoms with Gasteiger partial charge in [-0.2, -0.15) is 9.97 Å². The van der Waals surface area contributed by atoms with Crippen LogP contribution in [0.5, 0.6) is 11.8 Å². The lowest BCUT2D eigenvalue weighted by atomic mass is 9.94. The van der Waals surface area contributed by atoms with Gasteiger partial charge in [-0.1, -0.05) is 19.4 Å². The molecule has 244 valence electrons. The second kappa shape index (κ2) is 13.6. The number of fused-ring (bicyclic) bond motifs is 4. The van der Waals surface area contributed by atoms with Crippen LogP contribution in [0.4, 0.5) is 14.6 Å². The standard InChI is InChI=1S/C36H43F2N5O3/c1-3-27-30(37)11-10-25-17-26(46-22-44-2)18-28(31(25)27)33-32(38)34-29(19-39-33)35(43-20-23-8-9-24(16-23)21-43)41-36(40-34)45-15-7-14-42-12-5-4-6-13-42/h10-11,17-19,23-24H,3-9,12-16,20-22H2,1-2H3. The summed E-state index contributed by atoms with van der Waals surface area (Å²) in [4.78, 5) is 19.0. The van der Waals surface area contributed by atoms with Crippen molar-refractivity contribution in [3.8, 4) is 23.0 Å². The van der Waals surface area contributed by atoms with E-state index in [1.165, 1.54) is 51.7 Å². The van der Waals surface area contributed by atoms with Crippen LogP contribution in [0.15, 0.2) is 30.5 Å². The zero-order chi connectivity index (χ0) is 31.6. The topological polar surface area (TPSA) is 72.8 Å². The van der Waals surface area contributed by atoms with Crippen molar-refractivity contribution in [2.75, 3.05) is 58.1 Å². The summed E-state index contributed by atoms with van der Waals surface area (Å²) in [5.74, 6) is 1.44. The maximum Gasteiger partial charge on any atom is 0.319 e. The molecular weight excluding hydrogens is 588 g/mol. The molecule has 2 atom stereocenters. The number of piperidine rings is 2. The van der Waals surface area contributed by atoms with Crippen LogP contribution >= 0.6 is 0 Å². The number of hydrogen-bond acceptors (Lipinski definition) is 8. The van der Waals surface area contributed by atoms with E-state index in [2.05, 4.69) is 19.8 Å². The molecule has 1 saturated carbocycles. The van der Waals surface area contributed by atoms with E-state index < -0.39 is 5.82 Å². The molecule has 2 unspecified atom stereocenters. The minimum atomic E-state index is -0.587. The molecule has 10 heteroatoms. The van der Waals surface area contributed by atoms with Gasteiger partial charge in [-0.15, -0.1) is 0 Å². The molecule has 0 radical (unpaired) electrons. The SMILES string of the molecule is CCc1c(F)ccc2cc(OCOC)cc(-c3ncc4c(N5CC6CCC(C6)C5)nc(OCCCN5CCCCC5)nc4c3F)c12. The number of methoxy groups -OCH3 is 1. The average molecular weight is 632 g/mol. The molecule has 3 fully saturated rings. The van der Waals surface area contributed by atoms with Crippen molar-refractivity contribution in [3.05, 3.63) is 47.7 Å². The molecule has 4 aromatic rings. The molecule has 1 aliphatic carbocycles. The van der Waals surface area contributed by atoms with Gasteiger partial charge in [0.15, 0.2) is 12.6 Å². The molecule has 46 heavy (non-hydrogen) atoms. The molecule has 0 spiro atoms. The summed E-state index contributed by atoms with van der Waals surface area (Å²) in [7, 11) is 1.54. The van der Waals surface area contributed by atoms with Crippen molar-refractivity contribution in [2.24, 2.45) is 11.8 Å². The molecule has 4 heterocycles. The van der Waals surface area contributed by atoms with Crippen LogP contribution in [0, 0.1) is 23.5 Å². The Labute approximate surface area is 269 Å². The zero-order valence-corrected chi connectivity index (χ0v) is 26.9. The Morgan fingerprint density at radius 1 is 0.978 bits per heavy atom. The normalized spacial score (nSPS) is 20.1. The third kappa shape index (κ3) is 6.21. The van der Waals surface area contributed by atoms with Crippen LogP contribution in [-0.2, 0) is 11.2 Å². The molecule has 2 bridgehead atoms. The van der Waals surface area contributed by atoms with Gasteiger partial charge in [0.1, 0.15) is 28.6 Å². The molecule has 2 aromatic carbocycles. The molecule has 3 aliphatic rings. The lowest BCUT2D eigenvalue weighted by Gasteiger charge is -2.33. The Hall–Kier alpha value is -3.63. The van der Waals surface area contributed by atoms with Crippen molar-refractivity contribution < 1.29 is 23.0 Å². The Balaban J connectivity index is 1.31. The number of rotatable bonds is 11. The number of likely N-dealkylation sites (tertiary alicyclic amines) is 1. The summed E-state index contributed by atoms with van der Waals surface area (Å²) >= 11 is 0. The first kappa shape index (κ1) is 31.0. The van der Waals surface area contributed by atoms with E-state index in [0.29, 0.717) is 58.3 Å². The van der Waals surface area contributed by atoms with Crippen LogP contribution in [0.2, 0.25) is 0 Å². The highest BCUT2D eigenvalue weighted by Gasteiger charge is 2.35. The third-order valence-corrected chi connectivity index (χ3v) is 9.94. The van der Waals surface area contributed by atoms with Gasteiger partial charge in [0.2, 0.25) is 0 Å². The number of anilines is 1. The van der Waals surface area contributed by atoms with Crippen molar-refractivity contribution in [1.82, 2.24) is 19.9 Å². The van der Waals surface area contributed by atoms with E-state index in [0.717, 1.165) is 44.5 Å². The molecule has 2 saturated heterocycles. The monoisotopic (exact) mass is 631 g/mol. The summed E-state index contributed by atoms with van der Waals surface area (Å²) in [6.45, 7) is 7.34. The first-order valence-corrected chi connectivity index (χ1v) is 16.9. The number of benzene rings is 2. The van der Waals surface area contributed by atoms with Gasteiger partial charge in [0, 0.05) is 38.5 Å². The Bertz CT molecular complexity index is 1700. The van der Waals surface area contributed by atoms with Crippen LogP contribution in [-0.4, -0.2) is 73.1 Å². The Kier molecular flexibility index (Phi) is 9.17. The molecule has 2 aromatic heterocycles. The van der Waals surface area contributed by atoms with Crippen LogP contribution in [0.25, 0.3) is 32.9 Å². The Morgan fingerprint density at radius 3 is 2.54 bits per heavy atom. The first-order valence-electron chi connectivity index (χ1n) is 16.9. The minimum absolute atomic E-state index is 0.0211. The predicted octanol–water partition coefficient (Wildman–Crippen LogP) is 7.16. The number of aromatic nitrogens is 3. The van der Waals surface area contributed by atoms with Gasteiger partial charge >= 0.3 is 6.01 Å². The van der Waals surface area contributed by atoms with Crippen molar-refractivity contribution in [3.63, 3.8) is 0 Å². The van der Waals surface area contributed by atoms with E-state index in [9.17, 15) is 0 Å². The summed E-state index contributed by atoms with van der Waals surface area (Å²) in [5, 5.41) is 1.89. The number of nitrogens with zero attached hydrogens (tertiary/aromatic N) is 5. The van der Waals surface area contributed by atoms with Crippen molar-refractivity contribution in [1.29, 1.82) is 0 Å². The molecular formula is C36H43F2N5O3. The Morgan fingerprint density at radius 2 is 1.78 bits per heavy atom. The van der Waals surface area contributed by atoms with Gasteiger partial charge in [-0.3, -0.25) is 4.98 Å². The van der Waals surface area contributed by atoms with Gasteiger partial charge in [-0.25, -0.2) is 8.78 Å². The highest BCUT2D eigenvalue weighted by atomic mass is 19.1. The predicted molar refractivity (Wildman–Crippen MR) is 176 cm³/mol.